The Balaban J connectivity index is 1.87. The Kier molecular flexibility index (Phi) is 4.00. The van der Waals surface area contributed by atoms with Gasteiger partial charge in [-0.1, -0.05) is 19.3 Å². The summed E-state index contributed by atoms with van der Waals surface area (Å²) in [7, 11) is 0. The van der Waals surface area contributed by atoms with E-state index in [-0.39, 0.29) is 6.29 Å². The summed E-state index contributed by atoms with van der Waals surface area (Å²) in [4.78, 5) is 0. The molecule has 0 aromatic rings. The van der Waals surface area contributed by atoms with E-state index in [0.717, 1.165) is 32.6 Å². The van der Waals surface area contributed by atoms with Crippen LogP contribution in [-0.2, 0) is 9.47 Å². The molecule has 2 fully saturated rings. The Hall–Kier alpha value is -0.120. The zero-order valence-electron chi connectivity index (χ0n) is 9.54. The van der Waals surface area contributed by atoms with Gasteiger partial charge in [0.1, 0.15) is 0 Å². The van der Waals surface area contributed by atoms with Gasteiger partial charge in [0.15, 0.2) is 6.29 Å². The molecule has 88 valence electrons. The van der Waals surface area contributed by atoms with Crippen LogP contribution in [0, 0.1) is 5.41 Å². The fourth-order valence-electron chi connectivity index (χ4n) is 2.80. The van der Waals surface area contributed by atoms with Crippen molar-refractivity contribution < 1.29 is 9.47 Å². The van der Waals surface area contributed by atoms with Crippen molar-refractivity contribution in [3.05, 3.63) is 0 Å². The minimum Gasteiger partial charge on any atom is -0.353 e. The second-order valence-electron chi connectivity index (χ2n) is 4.99. The fraction of sp³-hybridized carbons (Fsp3) is 1.00. The van der Waals surface area contributed by atoms with E-state index in [4.69, 9.17) is 15.2 Å². The molecule has 1 saturated heterocycles. The summed E-state index contributed by atoms with van der Waals surface area (Å²) in [5, 5.41) is 0. The Morgan fingerprint density at radius 2 is 1.67 bits per heavy atom. The number of ether oxygens (including phenoxy) is 2. The van der Waals surface area contributed by atoms with Gasteiger partial charge in [-0.05, 0) is 31.2 Å². The summed E-state index contributed by atoms with van der Waals surface area (Å²) in [6.45, 7) is 2.49. The Labute approximate surface area is 92.3 Å². The van der Waals surface area contributed by atoms with Crippen molar-refractivity contribution in [3.8, 4) is 0 Å². The Bertz CT molecular complexity index is 184. The van der Waals surface area contributed by atoms with Crippen LogP contribution in [0.3, 0.4) is 0 Å². The molecule has 2 rings (SSSR count). The zero-order chi connectivity index (χ0) is 10.6. The van der Waals surface area contributed by atoms with Crippen molar-refractivity contribution in [2.75, 3.05) is 19.8 Å². The van der Waals surface area contributed by atoms with Crippen LogP contribution in [0.1, 0.15) is 44.9 Å². The molecule has 0 radical (unpaired) electrons. The molecule has 15 heavy (non-hydrogen) atoms. The van der Waals surface area contributed by atoms with Crippen LogP contribution in [-0.4, -0.2) is 26.0 Å². The van der Waals surface area contributed by atoms with Gasteiger partial charge in [-0.2, -0.15) is 0 Å². The van der Waals surface area contributed by atoms with Crippen molar-refractivity contribution in [2.45, 2.75) is 51.2 Å². The molecule has 0 aromatic carbocycles. The monoisotopic (exact) mass is 213 g/mol. The van der Waals surface area contributed by atoms with Gasteiger partial charge in [-0.15, -0.1) is 0 Å². The summed E-state index contributed by atoms with van der Waals surface area (Å²) in [5.41, 5.74) is 6.25. The quantitative estimate of drug-likeness (QED) is 0.780. The van der Waals surface area contributed by atoms with Gasteiger partial charge in [-0.25, -0.2) is 0 Å². The minimum absolute atomic E-state index is 0.0143. The van der Waals surface area contributed by atoms with Crippen molar-refractivity contribution in [1.29, 1.82) is 0 Å². The first-order valence-electron chi connectivity index (χ1n) is 6.28. The van der Waals surface area contributed by atoms with Crippen molar-refractivity contribution >= 4 is 0 Å². The summed E-state index contributed by atoms with van der Waals surface area (Å²) in [6.07, 6.45) is 8.58. The third kappa shape index (κ3) is 2.92. The van der Waals surface area contributed by atoms with E-state index in [9.17, 15) is 0 Å². The summed E-state index contributed by atoms with van der Waals surface area (Å²) in [6, 6.07) is 0. The fourth-order valence-corrected chi connectivity index (χ4v) is 2.80. The highest BCUT2D eigenvalue weighted by Gasteiger charge is 2.34. The average Bonchev–Trinajstić information content (AvgIpc) is 2.32. The van der Waals surface area contributed by atoms with Gasteiger partial charge in [0.25, 0.3) is 0 Å². The highest BCUT2D eigenvalue weighted by molar-refractivity contribution is 4.85. The van der Waals surface area contributed by atoms with Crippen LogP contribution < -0.4 is 5.73 Å². The van der Waals surface area contributed by atoms with Crippen LogP contribution >= 0.6 is 0 Å². The molecule has 0 amide bonds. The zero-order valence-corrected chi connectivity index (χ0v) is 9.54. The van der Waals surface area contributed by atoms with Gasteiger partial charge < -0.3 is 15.2 Å². The number of nitrogens with two attached hydrogens (primary N) is 1. The highest BCUT2D eigenvalue weighted by Crippen LogP contribution is 2.40. The van der Waals surface area contributed by atoms with Crippen LogP contribution in [0.4, 0.5) is 0 Å². The number of hydrogen-bond donors (Lipinski definition) is 1. The van der Waals surface area contributed by atoms with E-state index in [1.807, 2.05) is 0 Å². The standard InChI is InChI=1S/C12H23NO2/c13-10-12(5-2-1-3-6-12)9-11-14-7-4-8-15-11/h11H,1-10,13H2. The first kappa shape index (κ1) is 11.4. The predicted octanol–water partition coefficient (Wildman–Crippen LogP) is 2.05. The summed E-state index contributed by atoms with van der Waals surface area (Å²) in [5.74, 6) is 0. The molecule has 0 atom stereocenters. The lowest BCUT2D eigenvalue weighted by Crippen LogP contribution is -2.39. The third-order valence-corrected chi connectivity index (χ3v) is 3.84. The van der Waals surface area contributed by atoms with Crippen molar-refractivity contribution in [2.24, 2.45) is 11.1 Å². The molecule has 2 N–H and O–H groups in total. The topological polar surface area (TPSA) is 44.5 Å². The lowest BCUT2D eigenvalue weighted by atomic mass is 9.71. The first-order chi connectivity index (χ1) is 7.35. The number of hydrogen-bond acceptors (Lipinski definition) is 3. The van der Waals surface area contributed by atoms with E-state index < -0.39 is 0 Å². The van der Waals surface area contributed by atoms with E-state index in [1.54, 1.807) is 0 Å². The largest absolute Gasteiger partial charge is 0.353 e. The molecular weight excluding hydrogens is 190 g/mol. The third-order valence-electron chi connectivity index (χ3n) is 3.84. The molecule has 1 aliphatic carbocycles. The van der Waals surface area contributed by atoms with Gasteiger partial charge in [0, 0.05) is 6.42 Å². The summed E-state index contributed by atoms with van der Waals surface area (Å²) >= 11 is 0. The molecule has 1 heterocycles. The lowest BCUT2D eigenvalue weighted by molar-refractivity contribution is -0.195. The lowest BCUT2D eigenvalue weighted by Gasteiger charge is -2.39. The molecule has 2 aliphatic rings. The smallest absolute Gasteiger partial charge is 0.158 e. The highest BCUT2D eigenvalue weighted by atomic mass is 16.7. The van der Waals surface area contributed by atoms with Crippen molar-refractivity contribution in [3.63, 3.8) is 0 Å². The molecule has 3 nitrogen and oxygen atoms in total. The van der Waals surface area contributed by atoms with Gasteiger partial charge in [-0.3, -0.25) is 0 Å². The maximum atomic E-state index is 5.94. The molecule has 1 aliphatic heterocycles. The second-order valence-corrected chi connectivity index (χ2v) is 4.99. The van der Waals surface area contributed by atoms with Gasteiger partial charge >= 0.3 is 0 Å². The van der Waals surface area contributed by atoms with E-state index >= 15 is 0 Å². The predicted molar refractivity (Wildman–Crippen MR) is 59.5 cm³/mol. The summed E-state index contributed by atoms with van der Waals surface area (Å²) < 4.78 is 11.3. The van der Waals surface area contributed by atoms with Crippen LogP contribution in [0.5, 0.6) is 0 Å². The molecular formula is C12H23NO2. The van der Waals surface area contributed by atoms with E-state index in [2.05, 4.69) is 0 Å². The Morgan fingerprint density at radius 1 is 1.00 bits per heavy atom. The van der Waals surface area contributed by atoms with E-state index in [0.29, 0.717) is 5.41 Å². The maximum Gasteiger partial charge on any atom is 0.158 e. The van der Waals surface area contributed by atoms with Gasteiger partial charge in [0.2, 0.25) is 0 Å². The van der Waals surface area contributed by atoms with E-state index in [1.165, 1.54) is 32.1 Å². The molecule has 0 spiro atoms. The van der Waals surface area contributed by atoms with Crippen LogP contribution in [0.25, 0.3) is 0 Å². The SMILES string of the molecule is NCC1(CC2OCCCO2)CCCCC1. The molecule has 3 heteroatoms. The minimum atomic E-state index is 0.0143. The van der Waals surface area contributed by atoms with Gasteiger partial charge in [0.05, 0.1) is 13.2 Å². The van der Waals surface area contributed by atoms with Crippen LogP contribution in [0.15, 0.2) is 0 Å². The number of rotatable bonds is 3. The molecule has 0 aromatic heterocycles. The normalized spacial score (nSPS) is 27.8. The molecule has 1 saturated carbocycles. The first-order valence-corrected chi connectivity index (χ1v) is 6.28. The average molecular weight is 213 g/mol. The van der Waals surface area contributed by atoms with Crippen LogP contribution in [0.2, 0.25) is 0 Å². The maximum absolute atomic E-state index is 5.94. The molecule has 0 unspecified atom stereocenters. The van der Waals surface area contributed by atoms with Crippen molar-refractivity contribution in [1.82, 2.24) is 0 Å². The second kappa shape index (κ2) is 5.28. The molecule has 0 bridgehead atoms. The Morgan fingerprint density at radius 3 is 2.27 bits per heavy atom.